The predicted molar refractivity (Wildman–Crippen MR) is 141 cm³/mol. The summed E-state index contributed by atoms with van der Waals surface area (Å²) in [4.78, 5) is 18.7. The number of ether oxygens (including phenoxy) is 1. The minimum atomic E-state index is -3.69. The van der Waals surface area contributed by atoms with Gasteiger partial charge in [0, 0.05) is 49.7 Å². The maximum Gasteiger partial charge on any atom is 0.259 e. The van der Waals surface area contributed by atoms with Crippen LogP contribution in [0.1, 0.15) is 41.9 Å². The van der Waals surface area contributed by atoms with Crippen molar-refractivity contribution in [3.63, 3.8) is 0 Å². The highest BCUT2D eigenvalue weighted by Gasteiger charge is 2.38. The van der Waals surface area contributed by atoms with Gasteiger partial charge in [-0.25, -0.2) is 18.1 Å². The van der Waals surface area contributed by atoms with Gasteiger partial charge in [0.1, 0.15) is 12.4 Å². The first-order chi connectivity index (χ1) is 17.8. The van der Waals surface area contributed by atoms with E-state index in [9.17, 15) is 13.2 Å². The summed E-state index contributed by atoms with van der Waals surface area (Å²) < 4.78 is 34.9. The standard InChI is InChI=1S/C27H31ClN4O4S/c1-31-17-26(29-18-31)37(34,35)30-12-14-36-21-10-8-19-9-11-25(32-13-4-7-27(32)33)23(22(19)16-21)15-20-5-2-3-6-24(20)28/h2-3,5-6,8,10,16-18,23,25,30H,4,7,9,11-15H2,1H3. The van der Waals surface area contributed by atoms with Crippen LogP contribution >= 0.6 is 11.6 Å². The molecule has 2 aliphatic rings. The lowest BCUT2D eigenvalue weighted by Gasteiger charge is -2.39. The Bertz CT molecular complexity index is 1390. The molecule has 1 amide bonds. The van der Waals surface area contributed by atoms with Gasteiger partial charge in [-0.05, 0) is 60.6 Å². The molecule has 1 aliphatic heterocycles. The summed E-state index contributed by atoms with van der Waals surface area (Å²) in [5, 5.41) is 0.711. The molecule has 1 aromatic heterocycles. The number of halogens is 1. The summed E-state index contributed by atoms with van der Waals surface area (Å²) in [6.07, 6.45) is 6.95. The molecule has 0 saturated carbocycles. The third-order valence-electron chi connectivity index (χ3n) is 7.22. The minimum absolute atomic E-state index is 0.0197. The van der Waals surface area contributed by atoms with Gasteiger partial charge in [0.15, 0.2) is 5.03 Å². The second kappa shape index (κ2) is 10.8. The molecule has 2 atom stereocenters. The zero-order chi connectivity index (χ0) is 26.0. The fraction of sp³-hybridized carbons (Fsp3) is 0.407. The number of sulfonamides is 1. The Morgan fingerprint density at radius 3 is 2.76 bits per heavy atom. The summed E-state index contributed by atoms with van der Waals surface area (Å²) in [6.45, 7) is 1.09. The number of nitrogens with zero attached hydrogens (tertiary/aromatic N) is 3. The van der Waals surface area contributed by atoms with E-state index in [0.717, 1.165) is 42.8 Å². The Morgan fingerprint density at radius 1 is 1.19 bits per heavy atom. The lowest BCUT2D eigenvalue weighted by atomic mass is 9.75. The van der Waals surface area contributed by atoms with Crippen molar-refractivity contribution in [3.05, 3.63) is 76.7 Å². The molecule has 1 N–H and O–H groups in total. The van der Waals surface area contributed by atoms with Crippen LogP contribution in [-0.4, -0.2) is 54.5 Å². The Morgan fingerprint density at radius 2 is 2.03 bits per heavy atom. The number of fused-ring (bicyclic) bond motifs is 1. The number of carbonyl (C=O) groups is 1. The van der Waals surface area contributed by atoms with Gasteiger partial charge in [-0.2, -0.15) is 0 Å². The molecule has 0 bridgehead atoms. The Kier molecular flexibility index (Phi) is 7.55. The van der Waals surface area contributed by atoms with Crippen molar-refractivity contribution in [1.82, 2.24) is 19.2 Å². The van der Waals surface area contributed by atoms with Crippen molar-refractivity contribution in [1.29, 1.82) is 0 Å². The first-order valence-corrected chi connectivity index (χ1v) is 14.4. The normalized spacial score (nSPS) is 19.7. The smallest absolute Gasteiger partial charge is 0.259 e. The van der Waals surface area contributed by atoms with E-state index in [2.05, 4.69) is 26.7 Å². The topological polar surface area (TPSA) is 93.5 Å². The molecule has 0 spiro atoms. The van der Waals surface area contributed by atoms with Gasteiger partial charge in [-0.1, -0.05) is 35.9 Å². The van der Waals surface area contributed by atoms with E-state index >= 15 is 0 Å². The van der Waals surface area contributed by atoms with E-state index < -0.39 is 10.0 Å². The van der Waals surface area contributed by atoms with E-state index in [1.807, 2.05) is 30.3 Å². The lowest BCUT2D eigenvalue weighted by Crippen LogP contribution is -2.43. The van der Waals surface area contributed by atoms with Crippen LogP contribution in [0.4, 0.5) is 0 Å². The molecule has 1 saturated heterocycles. The molecule has 2 heterocycles. The maximum atomic E-state index is 12.7. The van der Waals surface area contributed by atoms with Gasteiger partial charge in [0.05, 0.1) is 6.33 Å². The molecule has 2 aromatic carbocycles. The van der Waals surface area contributed by atoms with Gasteiger partial charge < -0.3 is 14.2 Å². The second-order valence-electron chi connectivity index (χ2n) is 9.68. The number of nitrogens with one attached hydrogen (secondary N) is 1. The summed E-state index contributed by atoms with van der Waals surface area (Å²) in [5.74, 6) is 0.996. The van der Waals surface area contributed by atoms with Crippen molar-refractivity contribution in [2.45, 2.75) is 49.1 Å². The Hall–Kier alpha value is -2.88. The van der Waals surface area contributed by atoms with Crippen LogP contribution in [0, 0.1) is 0 Å². The zero-order valence-corrected chi connectivity index (χ0v) is 22.3. The molecule has 2 unspecified atom stereocenters. The largest absolute Gasteiger partial charge is 0.492 e. The number of aryl methyl sites for hydroxylation is 2. The molecule has 10 heteroatoms. The number of amides is 1. The van der Waals surface area contributed by atoms with Gasteiger partial charge >= 0.3 is 0 Å². The maximum absolute atomic E-state index is 12.7. The van der Waals surface area contributed by atoms with Gasteiger partial charge in [0.2, 0.25) is 5.91 Å². The number of hydrogen-bond donors (Lipinski definition) is 1. The molecule has 8 nitrogen and oxygen atoms in total. The second-order valence-corrected chi connectivity index (χ2v) is 11.8. The van der Waals surface area contributed by atoms with E-state index in [1.165, 1.54) is 23.7 Å². The average molecular weight is 543 g/mol. The first kappa shape index (κ1) is 25.8. The number of likely N-dealkylation sites (tertiary alicyclic amines) is 1. The van der Waals surface area contributed by atoms with Gasteiger partial charge in [0.25, 0.3) is 10.0 Å². The SMILES string of the molecule is Cn1cnc(S(=O)(=O)NCCOc2ccc3c(c2)C(Cc2ccccc2Cl)C(N2CCCC2=O)CC3)c1. The highest BCUT2D eigenvalue weighted by Crippen LogP contribution is 2.41. The number of hydrogen-bond acceptors (Lipinski definition) is 5. The molecular weight excluding hydrogens is 512 g/mol. The van der Waals surface area contributed by atoms with Crippen LogP contribution in [0.2, 0.25) is 5.02 Å². The molecular formula is C27H31ClN4O4S. The third kappa shape index (κ3) is 5.68. The number of carbonyl (C=O) groups excluding carboxylic acids is 1. The fourth-order valence-corrected chi connectivity index (χ4v) is 6.64. The molecule has 5 rings (SSSR count). The minimum Gasteiger partial charge on any atom is -0.492 e. The number of imidazole rings is 1. The molecule has 196 valence electrons. The summed E-state index contributed by atoms with van der Waals surface area (Å²) in [5.41, 5.74) is 3.49. The van der Waals surface area contributed by atoms with Gasteiger partial charge in [-0.15, -0.1) is 0 Å². The van der Waals surface area contributed by atoms with Crippen LogP contribution in [0.25, 0.3) is 0 Å². The van der Waals surface area contributed by atoms with E-state index in [1.54, 1.807) is 11.6 Å². The third-order valence-corrected chi connectivity index (χ3v) is 8.93. The summed E-state index contributed by atoms with van der Waals surface area (Å²) in [6, 6.07) is 14.1. The van der Waals surface area contributed by atoms with Crippen LogP contribution in [-0.2, 0) is 34.7 Å². The lowest BCUT2D eigenvalue weighted by molar-refractivity contribution is -0.130. The molecule has 3 aromatic rings. The number of rotatable bonds is 9. The van der Waals surface area contributed by atoms with Crippen LogP contribution < -0.4 is 9.46 Å². The van der Waals surface area contributed by atoms with Crippen molar-refractivity contribution >= 4 is 27.5 Å². The fourth-order valence-electron chi connectivity index (χ4n) is 5.43. The Labute approximate surface area is 222 Å². The summed E-state index contributed by atoms with van der Waals surface area (Å²) >= 11 is 6.54. The Balaban J connectivity index is 1.33. The molecule has 1 fully saturated rings. The van der Waals surface area contributed by atoms with Crippen molar-refractivity contribution < 1.29 is 17.9 Å². The van der Waals surface area contributed by atoms with Crippen molar-refractivity contribution in [2.24, 2.45) is 7.05 Å². The zero-order valence-electron chi connectivity index (χ0n) is 20.8. The predicted octanol–water partition coefficient (Wildman–Crippen LogP) is 3.69. The monoisotopic (exact) mass is 542 g/mol. The molecule has 0 radical (unpaired) electrons. The highest BCUT2D eigenvalue weighted by molar-refractivity contribution is 7.89. The van der Waals surface area contributed by atoms with Crippen LogP contribution in [0.3, 0.4) is 0 Å². The molecule has 37 heavy (non-hydrogen) atoms. The van der Waals surface area contributed by atoms with Gasteiger partial charge in [-0.3, -0.25) is 4.79 Å². The summed E-state index contributed by atoms with van der Waals surface area (Å²) in [7, 11) is -1.97. The average Bonchev–Trinajstić information content (AvgIpc) is 3.52. The highest BCUT2D eigenvalue weighted by atomic mass is 35.5. The quantitative estimate of drug-likeness (QED) is 0.416. The number of aromatic nitrogens is 2. The van der Waals surface area contributed by atoms with E-state index in [0.29, 0.717) is 12.2 Å². The van der Waals surface area contributed by atoms with Crippen LogP contribution in [0.15, 0.2) is 60.0 Å². The van der Waals surface area contributed by atoms with Crippen LogP contribution in [0.5, 0.6) is 5.75 Å². The number of benzene rings is 2. The van der Waals surface area contributed by atoms with Crippen molar-refractivity contribution in [2.75, 3.05) is 19.7 Å². The van der Waals surface area contributed by atoms with E-state index in [4.69, 9.17) is 16.3 Å². The van der Waals surface area contributed by atoms with E-state index in [-0.39, 0.29) is 36.0 Å². The first-order valence-electron chi connectivity index (χ1n) is 12.6. The van der Waals surface area contributed by atoms with Crippen molar-refractivity contribution in [3.8, 4) is 5.75 Å². The molecule has 1 aliphatic carbocycles.